The van der Waals surface area contributed by atoms with Gasteiger partial charge in [-0.3, -0.25) is 4.84 Å². The van der Waals surface area contributed by atoms with Crippen LogP contribution in [0.5, 0.6) is 0 Å². The lowest BCUT2D eigenvalue weighted by molar-refractivity contribution is -0.0733. The van der Waals surface area contributed by atoms with Gasteiger partial charge in [-0.05, 0) is 46.5 Å². The molecule has 0 spiro atoms. The van der Waals surface area contributed by atoms with E-state index in [1.165, 1.54) is 12.8 Å². The Morgan fingerprint density at radius 2 is 2.21 bits per heavy atom. The average Bonchev–Trinajstić information content (AvgIpc) is 2.54. The molecule has 84 valence electrons. The second kappa shape index (κ2) is 5.69. The standard InChI is InChI=1S/C11H23NO2/c1-11(2,3)14-12-8-4-6-10-7-5-9-13-10/h10,12H,4-9H2,1-3H3. The van der Waals surface area contributed by atoms with Crippen LogP contribution in [0.1, 0.15) is 46.5 Å². The Kier molecular flexibility index (Phi) is 4.85. The van der Waals surface area contributed by atoms with Crippen LogP contribution in [0.4, 0.5) is 0 Å². The quantitative estimate of drug-likeness (QED) is 0.546. The Labute approximate surface area is 87.1 Å². The number of ether oxygens (including phenoxy) is 1. The van der Waals surface area contributed by atoms with Gasteiger partial charge in [0.2, 0.25) is 0 Å². The number of hydrogen-bond donors (Lipinski definition) is 1. The van der Waals surface area contributed by atoms with Gasteiger partial charge in [0.15, 0.2) is 0 Å². The first-order valence-electron chi connectivity index (χ1n) is 5.60. The van der Waals surface area contributed by atoms with Crippen molar-refractivity contribution in [3.05, 3.63) is 0 Å². The zero-order valence-corrected chi connectivity index (χ0v) is 9.64. The van der Waals surface area contributed by atoms with Crippen molar-refractivity contribution in [3.63, 3.8) is 0 Å². The maximum atomic E-state index is 5.53. The highest BCUT2D eigenvalue weighted by Crippen LogP contribution is 2.16. The molecular weight excluding hydrogens is 178 g/mol. The fourth-order valence-electron chi connectivity index (χ4n) is 1.54. The van der Waals surface area contributed by atoms with Crippen molar-refractivity contribution in [1.82, 2.24) is 5.48 Å². The molecule has 0 radical (unpaired) electrons. The largest absolute Gasteiger partial charge is 0.378 e. The maximum Gasteiger partial charge on any atom is 0.0812 e. The van der Waals surface area contributed by atoms with Crippen LogP contribution < -0.4 is 5.48 Å². The highest BCUT2D eigenvalue weighted by atomic mass is 16.7. The van der Waals surface area contributed by atoms with Crippen molar-refractivity contribution in [2.24, 2.45) is 0 Å². The first-order valence-corrected chi connectivity index (χ1v) is 5.60. The van der Waals surface area contributed by atoms with Crippen molar-refractivity contribution in [3.8, 4) is 0 Å². The van der Waals surface area contributed by atoms with Crippen LogP contribution in [0.15, 0.2) is 0 Å². The molecule has 1 unspecified atom stereocenters. The van der Waals surface area contributed by atoms with E-state index in [0.29, 0.717) is 6.10 Å². The fraction of sp³-hybridized carbons (Fsp3) is 1.00. The van der Waals surface area contributed by atoms with E-state index < -0.39 is 0 Å². The van der Waals surface area contributed by atoms with Gasteiger partial charge in [0.05, 0.1) is 11.7 Å². The molecule has 0 amide bonds. The highest BCUT2D eigenvalue weighted by molar-refractivity contribution is 4.64. The summed E-state index contributed by atoms with van der Waals surface area (Å²) in [5.74, 6) is 0. The van der Waals surface area contributed by atoms with E-state index in [1.54, 1.807) is 0 Å². The van der Waals surface area contributed by atoms with Gasteiger partial charge in [0.1, 0.15) is 0 Å². The van der Waals surface area contributed by atoms with Crippen LogP contribution in [-0.2, 0) is 9.57 Å². The van der Waals surface area contributed by atoms with E-state index in [1.807, 2.05) is 20.8 Å². The molecule has 1 saturated heterocycles. The zero-order valence-electron chi connectivity index (χ0n) is 9.64. The van der Waals surface area contributed by atoms with Crippen molar-refractivity contribution in [2.45, 2.75) is 58.2 Å². The fourth-order valence-corrected chi connectivity index (χ4v) is 1.54. The van der Waals surface area contributed by atoms with E-state index >= 15 is 0 Å². The molecule has 1 aliphatic heterocycles. The Morgan fingerprint density at radius 3 is 2.79 bits per heavy atom. The van der Waals surface area contributed by atoms with Gasteiger partial charge >= 0.3 is 0 Å². The summed E-state index contributed by atoms with van der Waals surface area (Å²) < 4.78 is 5.53. The lowest BCUT2D eigenvalue weighted by Gasteiger charge is -2.19. The molecule has 3 nitrogen and oxygen atoms in total. The predicted octanol–water partition coefficient (Wildman–Crippen LogP) is 2.27. The molecule has 3 heteroatoms. The Hall–Kier alpha value is -0.120. The second-order valence-electron chi connectivity index (χ2n) is 4.89. The summed E-state index contributed by atoms with van der Waals surface area (Å²) in [6.45, 7) is 7.99. The van der Waals surface area contributed by atoms with Gasteiger partial charge in [-0.25, -0.2) is 5.48 Å². The lowest BCUT2D eigenvalue weighted by atomic mass is 10.1. The van der Waals surface area contributed by atoms with Crippen molar-refractivity contribution < 1.29 is 9.57 Å². The van der Waals surface area contributed by atoms with Crippen molar-refractivity contribution in [2.75, 3.05) is 13.2 Å². The Bertz CT molecular complexity index is 148. The van der Waals surface area contributed by atoms with Gasteiger partial charge in [0.25, 0.3) is 0 Å². The number of nitrogens with one attached hydrogen (secondary N) is 1. The molecule has 1 fully saturated rings. The Balaban J connectivity index is 1.89. The predicted molar refractivity (Wildman–Crippen MR) is 57.0 cm³/mol. The molecule has 1 rings (SSSR count). The molecule has 1 aliphatic rings. The second-order valence-corrected chi connectivity index (χ2v) is 4.89. The summed E-state index contributed by atoms with van der Waals surface area (Å²) in [6.07, 6.45) is 5.25. The van der Waals surface area contributed by atoms with Crippen molar-refractivity contribution in [1.29, 1.82) is 0 Å². The molecule has 0 aromatic heterocycles. The third kappa shape index (κ3) is 5.58. The molecule has 1 heterocycles. The molecule has 0 aliphatic carbocycles. The van der Waals surface area contributed by atoms with Crippen LogP contribution >= 0.6 is 0 Å². The Morgan fingerprint density at radius 1 is 1.43 bits per heavy atom. The summed E-state index contributed by atoms with van der Waals surface area (Å²) in [7, 11) is 0. The first kappa shape index (κ1) is 12.0. The SMILES string of the molecule is CC(C)(C)ONCCCC1CCCO1. The van der Waals surface area contributed by atoms with Crippen LogP contribution in [0.25, 0.3) is 0 Å². The minimum Gasteiger partial charge on any atom is -0.378 e. The number of rotatable bonds is 5. The third-order valence-electron chi connectivity index (χ3n) is 2.21. The minimum absolute atomic E-state index is 0.0934. The minimum atomic E-state index is -0.0934. The first-order chi connectivity index (χ1) is 6.58. The third-order valence-corrected chi connectivity index (χ3v) is 2.21. The molecule has 0 bridgehead atoms. The molecule has 1 N–H and O–H groups in total. The number of hydroxylamine groups is 1. The van der Waals surface area contributed by atoms with Crippen LogP contribution in [-0.4, -0.2) is 24.9 Å². The van der Waals surface area contributed by atoms with Gasteiger partial charge in [-0.2, -0.15) is 0 Å². The summed E-state index contributed by atoms with van der Waals surface area (Å²) in [5.41, 5.74) is 2.90. The summed E-state index contributed by atoms with van der Waals surface area (Å²) >= 11 is 0. The summed E-state index contributed by atoms with van der Waals surface area (Å²) in [5, 5.41) is 0. The van der Waals surface area contributed by atoms with Gasteiger partial charge in [-0.15, -0.1) is 0 Å². The molecule has 14 heavy (non-hydrogen) atoms. The maximum absolute atomic E-state index is 5.53. The smallest absolute Gasteiger partial charge is 0.0812 e. The van der Waals surface area contributed by atoms with E-state index in [2.05, 4.69) is 5.48 Å². The summed E-state index contributed by atoms with van der Waals surface area (Å²) in [4.78, 5) is 5.40. The zero-order chi connectivity index (χ0) is 10.4. The highest BCUT2D eigenvalue weighted by Gasteiger charge is 2.14. The normalized spacial score (nSPS) is 22.9. The summed E-state index contributed by atoms with van der Waals surface area (Å²) in [6, 6.07) is 0. The van der Waals surface area contributed by atoms with Crippen LogP contribution in [0.3, 0.4) is 0 Å². The van der Waals surface area contributed by atoms with Crippen LogP contribution in [0.2, 0.25) is 0 Å². The molecule has 0 aromatic rings. The average molecular weight is 201 g/mol. The molecule has 1 atom stereocenters. The topological polar surface area (TPSA) is 30.5 Å². The number of hydrogen-bond acceptors (Lipinski definition) is 3. The van der Waals surface area contributed by atoms with Crippen molar-refractivity contribution >= 4 is 0 Å². The van der Waals surface area contributed by atoms with E-state index in [-0.39, 0.29) is 5.60 Å². The van der Waals surface area contributed by atoms with E-state index in [0.717, 1.165) is 26.0 Å². The monoisotopic (exact) mass is 201 g/mol. The van der Waals surface area contributed by atoms with Gasteiger partial charge in [0, 0.05) is 13.2 Å². The van der Waals surface area contributed by atoms with Crippen LogP contribution in [0, 0.1) is 0 Å². The molecule has 0 aromatic carbocycles. The van der Waals surface area contributed by atoms with Gasteiger partial charge in [-0.1, -0.05) is 0 Å². The van der Waals surface area contributed by atoms with Gasteiger partial charge < -0.3 is 4.74 Å². The lowest BCUT2D eigenvalue weighted by Crippen LogP contribution is -2.30. The van der Waals surface area contributed by atoms with E-state index in [9.17, 15) is 0 Å². The molecule has 0 saturated carbocycles. The molecular formula is C11H23NO2. The van der Waals surface area contributed by atoms with E-state index in [4.69, 9.17) is 9.57 Å².